The first-order valence-corrected chi connectivity index (χ1v) is 11.4. The molecule has 182 valence electrons. The van der Waals surface area contributed by atoms with E-state index in [1.54, 1.807) is 0 Å². The summed E-state index contributed by atoms with van der Waals surface area (Å²) in [5.74, 6) is -1.10. The van der Waals surface area contributed by atoms with Crippen molar-refractivity contribution in [1.82, 2.24) is 25.3 Å². The molecule has 2 aliphatic rings. The summed E-state index contributed by atoms with van der Waals surface area (Å²) in [5.41, 5.74) is 1.07. The summed E-state index contributed by atoms with van der Waals surface area (Å²) in [5, 5.41) is 10.2. The molecule has 2 N–H and O–H groups in total. The first-order chi connectivity index (χ1) is 16.1. The van der Waals surface area contributed by atoms with Crippen LogP contribution in [0.1, 0.15) is 32.0 Å². The third kappa shape index (κ3) is 4.78. The van der Waals surface area contributed by atoms with Crippen LogP contribution in [-0.2, 0) is 27.4 Å². The molecule has 1 aromatic heterocycles. The minimum Gasteiger partial charge on any atom is -0.375 e. The average Bonchev–Trinajstić information content (AvgIpc) is 3.17. The largest absolute Gasteiger partial charge is 0.375 e. The lowest BCUT2D eigenvalue weighted by molar-refractivity contribution is -0.141. The summed E-state index contributed by atoms with van der Waals surface area (Å²) < 4.78 is 21.3. The lowest BCUT2D eigenvalue weighted by Gasteiger charge is -2.36. The van der Waals surface area contributed by atoms with E-state index in [9.17, 15) is 18.8 Å². The van der Waals surface area contributed by atoms with Gasteiger partial charge in [-0.15, -0.1) is 0 Å². The average molecular weight is 492 g/mol. The lowest BCUT2D eigenvalue weighted by Crippen LogP contribution is -2.59. The number of fused-ring (bicyclic) bond motifs is 1. The number of amides is 3. The van der Waals surface area contributed by atoms with Gasteiger partial charge in [0.15, 0.2) is 0 Å². The van der Waals surface area contributed by atoms with E-state index in [2.05, 4.69) is 15.7 Å². The second kappa shape index (κ2) is 9.34. The summed E-state index contributed by atoms with van der Waals surface area (Å²) in [6.45, 7) is 6.67. The first-order valence-electron chi connectivity index (χ1n) is 11.1. The molecule has 0 aliphatic carbocycles. The van der Waals surface area contributed by atoms with Crippen LogP contribution in [0.5, 0.6) is 0 Å². The Morgan fingerprint density at radius 2 is 2.09 bits per heavy atom. The monoisotopic (exact) mass is 491 g/mol. The van der Waals surface area contributed by atoms with Crippen LogP contribution < -0.4 is 10.6 Å². The third-order valence-electron chi connectivity index (χ3n) is 5.93. The van der Waals surface area contributed by atoms with E-state index < -0.39 is 23.3 Å². The molecule has 3 amide bonds. The van der Waals surface area contributed by atoms with E-state index >= 15 is 0 Å². The van der Waals surface area contributed by atoms with Crippen LogP contribution in [0.4, 0.5) is 9.18 Å². The highest BCUT2D eigenvalue weighted by atomic mass is 35.5. The Kier molecular flexibility index (Phi) is 6.64. The molecule has 0 saturated carbocycles. The Hall–Kier alpha value is -2.98. The fraction of sp³-hybridized carbons (Fsp3) is 0.478. The highest BCUT2D eigenvalue weighted by Gasteiger charge is 2.38. The van der Waals surface area contributed by atoms with E-state index in [1.165, 1.54) is 23.1 Å². The molecule has 34 heavy (non-hydrogen) atoms. The fourth-order valence-electron chi connectivity index (χ4n) is 4.15. The Morgan fingerprint density at radius 1 is 1.32 bits per heavy atom. The van der Waals surface area contributed by atoms with E-state index in [1.807, 2.05) is 20.8 Å². The number of rotatable bonds is 3. The van der Waals surface area contributed by atoms with Gasteiger partial charge in [-0.3, -0.25) is 9.59 Å². The molecule has 0 radical (unpaired) electrons. The number of carbonyl (C=O) groups excluding carboxylic acids is 3. The molecule has 3 heterocycles. The van der Waals surface area contributed by atoms with Crippen molar-refractivity contribution in [2.45, 2.75) is 39.8 Å². The molecule has 2 aliphatic heterocycles. The van der Waals surface area contributed by atoms with E-state index in [-0.39, 0.29) is 30.5 Å². The minimum absolute atomic E-state index is 0.0650. The predicted octanol–water partition coefficient (Wildman–Crippen LogP) is 2.35. The highest BCUT2D eigenvalue weighted by Crippen LogP contribution is 2.32. The standard InChI is InChI=1S/C23H27ClFN5O4/c1-23(2,3)20(21(32)29-8-7-26-18(31)11-29)27-22(33)30-17-12-34-9-6-14(17)19(28-30)15-10-13(24)4-5-16(15)25/h4-5,10,20H,6-9,11-12H2,1-3H3,(H,26,31)(H,27,33)/t20-/m1/s1. The maximum atomic E-state index is 14.6. The summed E-state index contributed by atoms with van der Waals surface area (Å²) in [6.07, 6.45) is 0.453. The highest BCUT2D eigenvalue weighted by molar-refractivity contribution is 6.30. The maximum absolute atomic E-state index is 14.6. The molecular weight excluding hydrogens is 465 g/mol. The number of hydrogen-bond donors (Lipinski definition) is 2. The van der Waals surface area contributed by atoms with Gasteiger partial charge in [-0.2, -0.15) is 9.78 Å². The molecule has 1 fully saturated rings. The normalized spacial score (nSPS) is 17.1. The van der Waals surface area contributed by atoms with Gasteiger partial charge in [-0.05, 0) is 30.0 Å². The third-order valence-corrected chi connectivity index (χ3v) is 6.17. The van der Waals surface area contributed by atoms with Gasteiger partial charge in [0, 0.05) is 29.2 Å². The summed E-state index contributed by atoms with van der Waals surface area (Å²) in [4.78, 5) is 39.9. The predicted molar refractivity (Wildman–Crippen MR) is 123 cm³/mol. The van der Waals surface area contributed by atoms with Crippen LogP contribution >= 0.6 is 11.6 Å². The molecule has 0 unspecified atom stereocenters. The minimum atomic E-state index is -0.915. The summed E-state index contributed by atoms with van der Waals surface area (Å²) in [7, 11) is 0. The number of nitrogens with zero attached hydrogens (tertiary/aromatic N) is 3. The van der Waals surface area contributed by atoms with Gasteiger partial charge in [0.25, 0.3) is 0 Å². The zero-order valence-corrected chi connectivity index (χ0v) is 20.0. The zero-order valence-electron chi connectivity index (χ0n) is 19.3. The number of nitrogens with one attached hydrogen (secondary N) is 2. The van der Waals surface area contributed by atoms with Gasteiger partial charge in [0.1, 0.15) is 11.9 Å². The number of piperazine rings is 1. The van der Waals surface area contributed by atoms with Crippen molar-refractivity contribution in [1.29, 1.82) is 0 Å². The van der Waals surface area contributed by atoms with E-state index in [0.29, 0.717) is 48.1 Å². The SMILES string of the molecule is CC(C)(C)[C@H](NC(=O)n1nc(-c2cc(Cl)ccc2F)c2c1COCC2)C(=O)N1CCNC(=O)C1. The number of hydrogen-bond acceptors (Lipinski definition) is 5. The first kappa shape index (κ1) is 24.2. The Morgan fingerprint density at radius 3 is 2.79 bits per heavy atom. The van der Waals surface area contributed by atoms with Crippen molar-refractivity contribution >= 4 is 29.4 Å². The molecule has 0 bridgehead atoms. The van der Waals surface area contributed by atoms with Crippen LogP contribution in [0.25, 0.3) is 11.3 Å². The fourth-order valence-corrected chi connectivity index (χ4v) is 4.32. The molecule has 0 spiro atoms. The number of halogens is 2. The number of carbonyl (C=O) groups is 3. The Bertz CT molecular complexity index is 1140. The second-order valence-electron chi connectivity index (χ2n) is 9.47. The summed E-state index contributed by atoms with van der Waals surface area (Å²) in [6, 6.07) is 2.62. The molecule has 2 aromatic rings. The van der Waals surface area contributed by atoms with Gasteiger partial charge in [-0.25, -0.2) is 9.18 Å². The van der Waals surface area contributed by atoms with Crippen LogP contribution in [-0.4, -0.2) is 64.8 Å². The van der Waals surface area contributed by atoms with Gasteiger partial charge >= 0.3 is 6.03 Å². The van der Waals surface area contributed by atoms with Crippen LogP contribution in [0.3, 0.4) is 0 Å². The van der Waals surface area contributed by atoms with Crippen molar-refractivity contribution in [2.24, 2.45) is 5.41 Å². The van der Waals surface area contributed by atoms with Crippen molar-refractivity contribution in [3.05, 3.63) is 40.3 Å². The summed E-state index contributed by atoms with van der Waals surface area (Å²) >= 11 is 6.08. The molecule has 4 rings (SSSR count). The molecule has 1 saturated heterocycles. The topological polar surface area (TPSA) is 106 Å². The molecule has 9 nitrogen and oxygen atoms in total. The smallest absolute Gasteiger partial charge is 0.343 e. The van der Waals surface area contributed by atoms with Gasteiger partial charge in [-0.1, -0.05) is 32.4 Å². The van der Waals surface area contributed by atoms with E-state index in [4.69, 9.17) is 16.3 Å². The molecule has 1 aromatic carbocycles. The van der Waals surface area contributed by atoms with Crippen molar-refractivity contribution in [2.75, 3.05) is 26.2 Å². The van der Waals surface area contributed by atoms with E-state index in [0.717, 1.165) is 4.68 Å². The van der Waals surface area contributed by atoms with Crippen LogP contribution in [0.15, 0.2) is 18.2 Å². The van der Waals surface area contributed by atoms with Crippen LogP contribution in [0, 0.1) is 11.2 Å². The molecule has 1 atom stereocenters. The quantitative estimate of drug-likeness (QED) is 0.685. The lowest BCUT2D eigenvalue weighted by atomic mass is 9.85. The number of benzene rings is 1. The van der Waals surface area contributed by atoms with Crippen LogP contribution in [0.2, 0.25) is 5.02 Å². The van der Waals surface area contributed by atoms with Crippen molar-refractivity contribution in [3.63, 3.8) is 0 Å². The molecular formula is C23H27ClFN5O4. The van der Waals surface area contributed by atoms with Crippen molar-refractivity contribution < 1.29 is 23.5 Å². The maximum Gasteiger partial charge on any atom is 0.343 e. The van der Waals surface area contributed by atoms with Gasteiger partial charge < -0.3 is 20.3 Å². The Balaban J connectivity index is 1.67. The van der Waals surface area contributed by atoms with Crippen molar-refractivity contribution in [3.8, 4) is 11.3 Å². The number of ether oxygens (including phenoxy) is 1. The van der Waals surface area contributed by atoms with Gasteiger partial charge in [0.2, 0.25) is 11.8 Å². The second-order valence-corrected chi connectivity index (χ2v) is 9.91. The zero-order chi connectivity index (χ0) is 24.6. The van der Waals surface area contributed by atoms with Gasteiger partial charge in [0.05, 0.1) is 31.1 Å². The number of aromatic nitrogens is 2. The molecule has 11 heteroatoms. The Labute approximate surface area is 201 Å².